The number of nitrogens with zero attached hydrogens (tertiary/aromatic N) is 1. The van der Waals surface area contributed by atoms with Crippen molar-refractivity contribution in [2.75, 3.05) is 26.2 Å². The first kappa shape index (κ1) is 23.2. The van der Waals surface area contributed by atoms with E-state index >= 15 is 0 Å². The van der Waals surface area contributed by atoms with Gasteiger partial charge in [-0.15, -0.1) is 0 Å². The van der Waals surface area contributed by atoms with Crippen LogP contribution in [-0.4, -0.2) is 68.4 Å². The first-order valence-corrected chi connectivity index (χ1v) is 9.53. The number of rotatable bonds is 2. The van der Waals surface area contributed by atoms with Gasteiger partial charge in [-0.25, -0.2) is 13.2 Å². The molecule has 2 aliphatic heterocycles. The molecular weight excluding hydrogens is 434 g/mol. The van der Waals surface area contributed by atoms with Crippen LogP contribution >= 0.6 is 0 Å². The zero-order valence-electron chi connectivity index (χ0n) is 14.5. The molecule has 2 heterocycles. The van der Waals surface area contributed by atoms with E-state index < -0.39 is 40.9 Å². The standard InChI is InChI=1S/C13H15F3N2O3S.C2HF3O2/c14-13(15,16)12-8-17-4-5-18(12)22(19,20)10-1-2-11-9(7-10)3-6-21-11;3-2(4,5)1(6)7/h1-2,7,12,17H,3-6,8H2;(H,6,7). The molecule has 1 aromatic carbocycles. The van der Waals surface area contributed by atoms with Gasteiger partial charge in [0, 0.05) is 26.1 Å². The van der Waals surface area contributed by atoms with Gasteiger partial charge in [0.15, 0.2) is 0 Å². The highest BCUT2D eigenvalue weighted by Crippen LogP contribution is 2.33. The van der Waals surface area contributed by atoms with Crippen molar-refractivity contribution in [1.82, 2.24) is 9.62 Å². The Morgan fingerprint density at radius 2 is 1.83 bits per heavy atom. The second-order valence-electron chi connectivity index (χ2n) is 6.05. The van der Waals surface area contributed by atoms with Crippen molar-refractivity contribution in [2.45, 2.75) is 29.7 Å². The second kappa shape index (κ2) is 8.36. The molecule has 1 unspecified atom stereocenters. The largest absolute Gasteiger partial charge is 0.493 e. The van der Waals surface area contributed by atoms with Gasteiger partial charge >= 0.3 is 18.3 Å². The predicted octanol–water partition coefficient (Wildman–Crippen LogP) is 1.78. The molecule has 1 saturated heterocycles. The van der Waals surface area contributed by atoms with Crippen molar-refractivity contribution in [3.05, 3.63) is 23.8 Å². The van der Waals surface area contributed by atoms with Crippen LogP contribution in [0.1, 0.15) is 5.56 Å². The van der Waals surface area contributed by atoms with Crippen molar-refractivity contribution in [1.29, 1.82) is 0 Å². The van der Waals surface area contributed by atoms with Gasteiger partial charge in [0.1, 0.15) is 11.8 Å². The number of alkyl halides is 6. The molecule has 0 aliphatic carbocycles. The topological polar surface area (TPSA) is 95.9 Å². The maximum atomic E-state index is 13.1. The zero-order chi connectivity index (χ0) is 22.0. The SMILES string of the molecule is O=C(O)C(F)(F)F.O=S(=O)(c1ccc2c(c1)CCO2)N1CCNCC1C(F)(F)F. The lowest BCUT2D eigenvalue weighted by Gasteiger charge is -2.36. The predicted molar refractivity (Wildman–Crippen MR) is 85.9 cm³/mol. The fourth-order valence-electron chi connectivity index (χ4n) is 2.71. The molecule has 164 valence electrons. The zero-order valence-corrected chi connectivity index (χ0v) is 15.4. The number of halogens is 6. The molecule has 3 rings (SSSR count). The van der Waals surface area contributed by atoms with Crippen molar-refractivity contribution in [2.24, 2.45) is 0 Å². The molecule has 0 radical (unpaired) electrons. The summed E-state index contributed by atoms with van der Waals surface area (Å²) in [7, 11) is -4.20. The van der Waals surface area contributed by atoms with Gasteiger partial charge in [-0.1, -0.05) is 0 Å². The summed E-state index contributed by atoms with van der Waals surface area (Å²) in [6.45, 7) is 0.00832. The lowest BCUT2D eigenvalue weighted by Crippen LogP contribution is -2.59. The third kappa shape index (κ3) is 5.51. The lowest BCUT2D eigenvalue weighted by atomic mass is 10.2. The summed E-state index contributed by atoms with van der Waals surface area (Å²) in [5.41, 5.74) is 0.708. The average Bonchev–Trinajstić information content (AvgIpc) is 3.08. The number of carbonyl (C=O) groups is 1. The number of piperazine rings is 1. The summed E-state index contributed by atoms with van der Waals surface area (Å²) in [6, 6.07) is 2.16. The van der Waals surface area contributed by atoms with Crippen LogP contribution in [0.15, 0.2) is 23.1 Å². The monoisotopic (exact) mass is 450 g/mol. The van der Waals surface area contributed by atoms with E-state index in [4.69, 9.17) is 14.6 Å². The van der Waals surface area contributed by atoms with Gasteiger partial charge < -0.3 is 15.2 Å². The number of nitrogens with one attached hydrogen (secondary N) is 1. The minimum atomic E-state index is -5.08. The van der Waals surface area contributed by atoms with Gasteiger partial charge in [-0.2, -0.15) is 30.6 Å². The molecule has 0 saturated carbocycles. The van der Waals surface area contributed by atoms with Crippen LogP contribution in [0.3, 0.4) is 0 Å². The number of ether oxygens (including phenoxy) is 1. The Morgan fingerprint density at radius 1 is 1.21 bits per heavy atom. The normalized spacial score (nSPS) is 20.3. The summed E-state index contributed by atoms with van der Waals surface area (Å²) in [6.07, 6.45) is -9.14. The van der Waals surface area contributed by atoms with Crippen LogP contribution in [0.25, 0.3) is 0 Å². The van der Waals surface area contributed by atoms with Crippen LogP contribution < -0.4 is 10.1 Å². The maximum absolute atomic E-state index is 13.1. The van der Waals surface area contributed by atoms with E-state index in [1.54, 1.807) is 0 Å². The Kier molecular flexibility index (Phi) is 6.69. The maximum Gasteiger partial charge on any atom is 0.490 e. The van der Waals surface area contributed by atoms with Crippen LogP contribution in [0.5, 0.6) is 5.75 Å². The summed E-state index contributed by atoms with van der Waals surface area (Å²) < 4.78 is 102. The Labute approximate surface area is 161 Å². The van der Waals surface area contributed by atoms with E-state index in [0.29, 0.717) is 28.6 Å². The molecule has 2 aliphatic rings. The number of carboxylic acids is 1. The highest BCUT2D eigenvalue weighted by Gasteiger charge is 2.49. The van der Waals surface area contributed by atoms with Gasteiger partial charge in [0.2, 0.25) is 10.0 Å². The van der Waals surface area contributed by atoms with Crippen molar-refractivity contribution in [3.8, 4) is 5.75 Å². The molecule has 0 amide bonds. The Morgan fingerprint density at radius 3 is 2.38 bits per heavy atom. The lowest BCUT2D eigenvalue weighted by molar-refractivity contribution is -0.192. The number of carboxylic acid groups (broad SMARTS) is 1. The smallest absolute Gasteiger partial charge is 0.490 e. The Bertz CT molecular complexity index is 856. The Hall–Kier alpha value is -2.06. The van der Waals surface area contributed by atoms with Gasteiger partial charge in [-0.3, -0.25) is 0 Å². The molecule has 0 aromatic heterocycles. The number of hydrogen-bond donors (Lipinski definition) is 2. The minimum Gasteiger partial charge on any atom is -0.493 e. The first-order valence-electron chi connectivity index (χ1n) is 8.09. The summed E-state index contributed by atoms with van der Waals surface area (Å²) in [4.78, 5) is 8.78. The third-order valence-corrected chi connectivity index (χ3v) is 5.99. The van der Waals surface area contributed by atoms with Crippen LogP contribution in [-0.2, 0) is 21.2 Å². The van der Waals surface area contributed by atoms with Crippen molar-refractivity contribution >= 4 is 16.0 Å². The van der Waals surface area contributed by atoms with Crippen molar-refractivity contribution in [3.63, 3.8) is 0 Å². The number of fused-ring (bicyclic) bond motifs is 1. The fraction of sp³-hybridized carbons (Fsp3) is 0.533. The van der Waals surface area contributed by atoms with Crippen molar-refractivity contribution < 1.29 is 49.4 Å². The average molecular weight is 450 g/mol. The van der Waals surface area contributed by atoms with E-state index in [9.17, 15) is 34.8 Å². The number of benzene rings is 1. The molecule has 1 aromatic rings. The fourth-order valence-corrected chi connectivity index (χ4v) is 4.37. The van der Waals surface area contributed by atoms with Crippen LogP contribution in [0.2, 0.25) is 0 Å². The molecule has 1 atom stereocenters. The van der Waals surface area contributed by atoms with Gasteiger partial charge in [-0.05, 0) is 23.8 Å². The van der Waals surface area contributed by atoms with Gasteiger partial charge in [0.05, 0.1) is 11.5 Å². The molecular formula is C15H16F6N2O5S. The molecule has 0 spiro atoms. The number of sulfonamides is 1. The van der Waals surface area contributed by atoms with E-state index in [1.807, 2.05) is 0 Å². The number of aliphatic carboxylic acids is 1. The first-order chi connectivity index (χ1) is 13.2. The summed E-state index contributed by atoms with van der Waals surface area (Å²) in [5, 5.41) is 9.72. The summed E-state index contributed by atoms with van der Waals surface area (Å²) >= 11 is 0. The van der Waals surface area contributed by atoms with E-state index in [1.165, 1.54) is 18.2 Å². The molecule has 1 fully saturated rings. The summed E-state index contributed by atoms with van der Waals surface area (Å²) in [5.74, 6) is -2.17. The highest BCUT2D eigenvalue weighted by atomic mass is 32.2. The molecule has 2 N–H and O–H groups in total. The van der Waals surface area contributed by atoms with Crippen LogP contribution in [0.4, 0.5) is 26.3 Å². The minimum absolute atomic E-state index is 0.118. The van der Waals surface area contributed by atoms with Crippen LogP contribution in [0, 0.1) is 0 Å². The molecule has 7 nitrogen and oxygen atoms in total. The van der Waals surface area contributed by atoms with Gasteiger partial charge in [0.25, 0.3) is 0 Å². The molecule has 14 heteroatoms. The quantitative estimate of drug-likeness (QED) is 0.667. The Balaban J connectivity index is 0.000000370. The molecule has 0 bridgehead atoms. The highest BCUT2D eigenvalue weighted by molar-refractivity contribution is 7.89. The third-order valence-electron chi connectivity index (χ3n) is 4.08. The molecule has 29 heavy (non-hydrogen) atoms. The van der Waals surface area contributed by atoms with E-state index in [2.05, 4.69) is 5.32 Å². The second-order valence-corrected chi connectivity index (χ2v) is 7.94. The number of hydrogen-bond acceptors (Lipinski definition) is 5. The van der Waals surface area contributed by atoms with E-state index in [-0.39, 0.29) is 18.0 Å². The van der Waals surface area contributed by atoms with E-state index in [0.717, 1.165) is 0 Å².